The molecule has 4 rings (SSSR count). The molecule has 334 valence electrons. The molecular formula is C40H58N16O6. The van der Waals surface area contributed by atoms with Crippen LogP contribution < -0.4 is 61.4 Å². The lowest BCUT2D eigenvalue weighted by Gasteiger charge is -2.26. The maximum absolute atomic E-state index is 14.4. The van der Waals surface area contributed by atoms with Crippen molar-refractivity contribution in [3.63, 3.8) is 0 Å². The standard InChI is InChI=1S/C40H58N16O6/c41-26(10-5-15-48-38(42)43)33(57)55-31(18-22-20-51-27-11-3-1-8-24(22)27)35(59)53-29(13-6-16-49-39(44)45)34(58)56-32(19-23-21-52-28-12-4-2-9-25(23)28)36(60)54-30(37(61)62)14-7-17-50-40(46)47/h1-4,8-9,11-12,20-21,26,29-32,51-52H,5-7,10,13-19,41H2,(H,53,59)(H,54,60)(H,55,57)(H,56,58)(H,61,62)(H4,42,43,48)(H4,44,45,49)(H4,46,47,50)/t26-,29-,30-,31-,32-/m0/s1. The highest BCUT2D eigenvalue weighted by Gasteiger charge is 2.33. The second-order valence-corrected chi connectivity index (χ2v) is 14.7. The first-order valence-electron chi connectivity index (χ1n) is 20.1. The summed E-state index contributed by atoms with van der Waals surface area (Å²) in [6.45, 7) is 0.479. The van der Waals surface area contributed by atoms with Crippen molar-refractivity contribution < 1.29 is 29.1 Å². The first-order chi connectivity index (χ1) is 29.6. The van der Waals surface area contributed by atoms with E-state index >= 15 is 0 Å². The van der Waals surface area contributed by atoms with Crippen LogP contribution in [0.1, 0.15) is 49.7 Å². The lowest BCUT2D eigenvalue weighted by atomic mass is 10.0. The average Bonchev–Trinajstić information content (AvgIpc) is 3.84. The van der Waals surface area contributed by atoms with Crippen molar-refractivity contribution in [3.05, 3.63) is 72.1 Å². The highest BCUT2D eigenvalue weighted by atomic mass is 16.4. The van der Waals surface area contributed by atoms with Crippen LogP contribution >= 0.6 is 0 Å². The number of nitrogens with two attached hydrogens (primary N) is 7. The van der Waals surface area contributed by atoms with E-state index in [0.717, 1.165) is 21.8 Å². The van der Waals surface area contributed by atoms with E-state index in [1.807, 2.05) is 48.5 Å². The number of aromatic nitrogens is 2. The van der Waals surface area contributed by atoms with Gasteiger partial charge in [-0.1, -0.05) is 36.4 Å². The van der Waals surface area contributed by atoms with E-state index in [0.29, 0.717) is 17.5 Å². The third kappa shape index (κ3) is 14.7. The van der Waals surface area contributed by atoms with Crippen molar-refractivity contribution in [3.8, 4) is 0 Å². The van der Waals surface area contributed by atoms with Gasteiger partial charge >= 0.3 is 5.97 Å². The quantitative estimate of drug-likeness (QED) is 0.0194. The number of benzene rings is 2. The number of carboxylic acids is 1. The SMILES string of the molecule is NC(N)=NCCC[C@H](NC(=O)[C@H](Cc1c[nH]c2ccccc12)NC(=O)[C@H](CCCN=C(N)N)NC(=O)[C@H](Cc1c[nH]c2ccccc12)NC(=O)[C@@H](N)CCCN=C(N)N)C(=O)O. The number of guanidine groups is 3. The van der Waals surface area contributed by atoms with Gasteiger partial charge in [0, 0.05) is 66.7 Å². The van der Waals surface area contributed by atoms with E-state index in [2.05, 4.69) is 46.2 Å². The lowest BCUT2D eigenvalue weighted by molar-refractivity contribution is -0.142. The Kier molecular flexibility index (Phi) is 17.9. The monoisotopic (exact) mass is 858 g/mol. The molecule has 0 saturated heterocycles. The number of aliphatic carboxylic acids is 1. The van der Waals surface area contributed by atoms with Crippen LogP contribution in [0, 0.1) is 0 Å². The van der Waals surface area contributed by atoms with Crippen molar-refractivity contribution in [2.45, 2.75) is 81.6 Å². The number of H-pyrrole nitrogens is 2. The van der Waals surface area contributed by atoms with Crippen LogP contribution in [0.3, 0.4) is 0 Å². The van der Waals surface area contributed by atoms with Crippen LogP contribution in [0.25, 0.3) is 21.8 Å². The summed E-state index contributed by atoms with van der Waals surface area (Å²) in [7, 11) is 0. The number of carbonyl (C=O) groups is 5. The summed E-state index contributed by atoms with van der Waals surface area (Å²) in [5.74, 6) is -4.63. The van der Waals surface area contributed by atoms with Gasteiger partial charge in [0.25, 0.3) is 0 Å². The smallest absolute Gasteiger partial charge is 0.326 e. The van der Waals surface area contributed by atoms with Gasteiger partial charge in [-0.2, -0.15) is 0 Å². The molecule has 22 heteroatoms. The fraction of sp³-hybridized carbons (Fsp3) is 0.400. The number of nitrogens with one attached hydrogen (secondary N) is 6. The highest BCUT2D eigenvalue weighted by molar-refractivity contribution is 5.96. The molecule has 0 spiro atoms. The predicted octanol–water partition coefficient (Wildman–Crippen LogP) is -2.05. The third-order valence-electron chi connectivity index (χ3n) is 9.91. The van der Waals surface area contributed by atoms with Gasteiger partial charge in [-0.25, -0.2) is 4.79 Å². The number of rotatable bonds is 25. The topological polar surface area (TPSA) is 404 Å². The lowest BCUT2D eigenvalue weighted by Crippen LogP contribution is -2.59. The number of fused-ring (bicyclic) bond motifs is 2. The van der Waals surface area contributed by atoms with Crippen molar-refractivity contribution in [2.24, 2.45) is 55.1 Å². The Balaban J connectivity index is 1.63. The third-order valence-corrected chi connectivity index (χ3v) is 9.91. The second kappa shape index (κ2) is 23.4. The van der Waals surface area contributed by atoms with Crippen molar-refractivity contribution in [2.75, 3.05) is 19.6 Å². The number of aromatic amines is 2. The Labute approximate surface area is 357 Å². The minimum Gasteiger partial charge on any atom is -0.480 e. The zero-order chi connectivity index (χ0) is 45.2. The van der Waals surface area contributed by atoms with Gasteiger partial charge in [0.1, 0.15) is 24.2 Å². The second-order valence-electron chi connectivity index (χ2n) is 14.7. The summed E-state index contributed by atoms with van der Waals surface area (Å²) in [5.41, 5.74) is 41.8. The van der Waals surface area contributed by atoms with Crippen molar-refractivity contribution in [1.29, 1.82) is 0 Å². The molecule has 22 nitrogen and oxygen atoms in total. The Hall–Kier alpha value is -7.36. The summed E-state index contributed by atoms with van der Waals surface area (Å²) in [4.78, 5) is 86.5. The summed E-state index contributed by atoms with van der Waals surface area (Å²) >= 11 is 0. The van der Waals surface area contributed by atoms with Gasteiger partial charge in [0.15, 0.2) is 17.9 Å². The van der Waals surface area contributed by atoms with Gasteiger partial charge in [0.2, 0.25) is 23.6 Å². The Bertz CT molecular complexity index is 2240. The highest BCUT2D eigenvalue weighted by Crippen LogP contribution is 2.21. The number of carboxylic acid groups (broad SMARTS) is 1. The van der Waals surface area contributed by atoms with E-state index < -0.39 is 59.8 Å². The Morgan fingerprint density at radius 1 is 0.532 bits per heavy atom. The first-order valence-corrected chi connectivity index (χ1v) is 20.1. The number of hydrogen-bond acceptors (Lipinski definition) is 9. The molecule has 2 aromatic carbocycles. The molecule has 0 fully saturated rings. The number of hydrogen-bond donors (Lipinski definition) is 14. The van der Waals surface area contributed by atoms with Crippen LogP contribution in [-0.2, 0) is 36.8 Å². The van der Waals surface area contributed by atoms with Gasteiger partial charge in [-0.05, 0) is 61.8 Å². The van der Waals surface area contributed by atoms with Crippen molar-refractivity contribution in [1.82, 2.24) is 31.2 Å². The molecule has 2 heterocycles. The number of carbonyl (C=O) groups excluding carboxylic acids is 4. The van der Waals surface area contributed by atoms with Crippen LogP contribution in [0.4, 0.5) is 0 Å². The number of para-hydroxylation sites is 2. The molecule has 0 bridgehead atoms. The predicted molar refractivity (Wildman–Crippen MR) is 237 cm³/mol. The van der Waals surface area contributed by atoms with Gasteiger partial charge in [-0.15, -0.1) is 0 Å². The molecule has 2 aromatic heterocycles. The molecule has 21 N–H and O–H groups in total. The molecule has 0 aliphatic heterocycles. The van der Waals surface area contributed by atoms with E-state index in [9.17, 15) is 29.1 Å². The van der Waals surface area contributed by atoms with Gasteiger partial charge in [0.05, 0.1) is 6.04 Å². The zero-order valence-corrected chi connectivity index (χ0v) is 34.3. The summed E-state index contributed by atoms with van der Waals surface area (Å²) < 4.78 is 0. The van der Waals surface area contributed by atoms with Crippen LogP contribution in [0.2, 0.25) is 0 Å². The molecule has 0 aliphatic rings. The maximum Gasteiger partial charge on any atom is 0.326 e. The fourth-order valence-electron chi connectivity index (χ4n) is 6.74. The van der Waals surface area contributed by atoms with E-state index in [4.69, 9.17) is 40.1 Å². The summed E-state index contributed by atoms with van der Waals surface area (Å²) in [5, 5.41) is 22.4. The Morgan fingerprint density at radius 2 is 0.903 bits per heavy atom. The molecule has 0 radical (unpaired) electrons. The first kappa shape index (κ1) is 47.3. The number of aliphatic imine (C=N–C) groups is 3. The number of nitrogens with zero attached hydrogens (tertiary/aromatic N) is 3. The minimum atomic E-state index is -1.35. The molecule has 4 amide bonds. The minimum absolute atomic E-state index is 0.00359. The Morgan fingerprint density at radius 3 is 1.35 bits per heavy atom. The fourth-order valence-corrected chi connectivity index (χ4v) is 6.74. The van der Waals surface area contributed by atoms with E-state index in [-0.39, 0.29) is 82.5 Å². The molecule has 4 aromatic rings. The van der Waals surface area contributed by atoms with Gasteiger partial charge in [-0.3, -0.25) is 34.2 Å². The summed E-state index contributed by atoms with van der Waals surface area (Å²) in [6, 6.07) is 8.55. The normalized spacial score (nSPS) is 13.4. The molecule has 0 saturated carbocycles. The van der Waals surface area contributed by atoms with E-state index in [1.165, 1.54) is 0 Å². The van der Waals surface area contributed by atoms with Crippen LogP contribution in [-0.4, -0.2) is 112 Å². The molecule has 0 aliphatic carbocycles. The molecule has 5 atom stereocenters. The summed E-state index contributed by atoms with van der Waals surface area (Å²) in [6.07, 6.45) is 4.40. The zero-order valence-electron chi connectivity index (χ0n) is 34.3. The van der Waals surface area contributed by atoms with Crippen molar-refractivity contribution >= 4 is 69.3 Å². The molecule has 62 heavy (non-hydrogen) atoms. The average molecular weight is 859 g/mol. The van der Waals surface area contributed by atoms with E-state index in [1.54, 1.807) is 12.4 Å². The maximum atomic E-state index is 14.4. The van der Waals surface area contributed by atoms with Crippen LogP contribution in [0.15, 0.2) is 75.9 Å². The largest absolute Gasteiger partial charge is 0.480 e. The molecular weight excluding hydrogens is 801 g/mol. The van der Waals surface area contributed by atoms with Gasteiger partial charge < -0.3 is 76.5 Å². The number of amides is 4. The van der Waals surface area contributed by atoms with Crippen LogP contribution in [0.5, 0.6) is 0 Å². The molecule has 0 unspecified atom stereocenters.